The summed E-state index contributed by atoms with van der Waals surface area (Å²) in [7, 11) is 2.27. The standard InChI is InChI=1S/C21H31N5S/c1-24(14-9-18-7-2-3-10-22-18)19-8-6-11-25(16-19)17-20-15-23-21(27-20)26-12-4-5-13-26/h2-3,7,10,15,19H,4-6,8-9,11-14,16-17H2,1H3. The summed E-state index contributed by atoms with van der Waals surface area (Å²) in [6, 6.07) is 6.84. The van der Waals surface area contributed by atoms with Crippen molar-refractivity contribution < 1.29 is 0 Å². The molecule has 0 saturated carbocycles. The smallest absolute Gasteiger partial charge is 0.185 e. The van der Waals surface area contributed by atoms with Crippen LogP contribution in [0.25, 0.3) is 0 Å². The fraction of sp³-hybridized carbons (Fsp3) is 0.619. The third-order valence-corrected chi connectivity index (χ3v) is 6.89. The Morgan fingerprint density at radius 3 is 2.85 bits per heavy atom. The molecule has 1 unspecified atom stereocenters. The van der Waals surface area contributed by atoms with E-state index in [9.17, 15) is 0 Å². The predicted octanol–water partition coefficient (Wildman–Crippen LogP) is 3.28. The number of pyridine rings is 1. The molecule has 0 radical (unpaired) electrons. The lowest BCUT2D eigenvalue weighted by atomic mass is 10.0. The molecule has 4 rings (SSSR count). The predicted molar refractivity (Wildman–Crippen MR) is 112 cm³/mol. The molecule has 2 aliphatic heterocycles. The normalized spacial score (nSPS) is 21.3. The largest absolute Gasteiger partial charge is 0.348 e. The van der Waals surface area contributed by atoms with Crippen LogP contribution in [0.2, 0.25) is 0 Å². The van der Waals surface area contributed by atoms with Crippen LogP contribution in [0.5, 0.6) is 0 Å². The summed E-state index contributed by atoms with van der Waals surface area (Å²) >= 11 is 1.89. The number of nitrogens with zero attached hydrogens (tertiary/aromatic N) is 5. The van der Waals surface area contributed by atoms with Crippen molar-refractivity contribution in [3.8, 4) is 0 Å². The van der Waals surface area contributed by atoms with Crippen molar-refractivity contribution in [1.82, 2.24) is 19.8 Å². The van der Waals surface area contributed by atoms with Gasteiger partial charge >= 0.3 is 0 Å². The molecular weight excluding hydrogens is 354 g/mol. The van der Waals surface area contributed by atoms with Crippen LogP contribution in [0.4, 0.5) is 5.13 Å². The van der Waals surface area contributed by atoms with E-state index in [0.29, 0.717) is 6.04 Å². The third kappa shape index (κ3) is 5.06. The SMILES string of the molecule is CN(CCc1ccccn1)C1CCCN(Cc2cnc(N3CCCC3)s2)C1. The Morgan fingerprint density at radius 1 is 1.15 bits per heavy atom. The van der Waals surface area contributed by atoms with Crippen LogP contribution in [0, 0.1) is 0 Å². The van der Waals surface area contributed by atoms with Gasteiger partial charge in [0.05, 0.1) is 0 Å². The monoisotopic (exact) mass is 385 g/mol. The minimum atomic E-state index is 0.647. The Kier molecular flexibility index (Phi) is 6.37. The highest BCUT2D eigenvalue weighted by Crippen LogP contribution is 2.27. The second-order valence-electron chi connectivity index (χ2n) is 7.89. The Balaban J connectivity index is 1.27. The molecule has 0 amide bonds. The first-order chi connectivity index (χ1) is 13.3. The fourth-order valence-corrected chi connectivity index (χ4v) is 5.20. The Labute approximate surface area is 167 Å². The molecule has 2 fully saturated rings. The molecule has 2 aromatic heterocycles. The number of hydrogen-bond acceptors (Lipinski definition) is 6. The number of thiazole rings is 1. The zero-order chi connectivity index (χ0) is 18.5. The van der Waals surface area contributed by atoms with Gasteiger partial charge in [0.2, 0.25) is 0 Å². The molecule has 0 N–H and O–H groups in total. The van der Waals surface area contributed by atoms with Gasteiger partial charge in [-0.25, -0.2) is 4.98 Å². The van der Waals surface area contributed by atoms with Gasteiger partial charge in [0.25, 0.3) is 0 Å². The first kappa shape index (κ1) is 18.8. The van der Waals surface area contributed by atoms with E-state index >= 15 is 0 Å². The topological polar surface area (TPSA) is 35.5 Å². The summed E-state index contributed by atoms with van der Waals surface area (Å²) in [6.07, 6.45) is 10.2. The van der Waals surface area contributed by atoms with E-state index < -0.39 is 0 Å². The van der Waals surface area contributed by atoms with Crippen molar-refractivity contribution in [2.24, 2.45) is 0 Å². The summed E-state index contributed by atoms with van der Waals surface area (Å²) < 4.78 is 0. The molecule has 2 saturated heterocycles. The van der Waals surface area contributed by atoms with E-state index in [1.165, 1.54) is 61.0 Å². The van der Waals surface area contributed by atoms with Crippen molar-refractivity contribution in [3.05, 3.63) is 41.2 Å². The fourth-order valence-electron chi connectivity index (χ4n) is 4.20. The molecule has 4 heterocycles. The maximum absolute atomic E-state index is 4.68. The van der Waals surface area contributed by atoms with Crippen LogP contribution in [0.1, 0.15) is 36.3 Å². The molecule has 6 heteroatoms. The molecule has 0 aromatic carbocycles. The average molecular weight is 386 g/mol. The summed E-state index contributed by atoms with van der Waals surface area (Å²) in [6.45, 7) is 6.86. The Hall–Kier alpha value is -1.50. The molecule has 2 aromatic rings. The maximum atomic E-state index is 4.68. The first-order valence-electron chi connectivity index (χ1n) is 10.3. The molecule has 1 atom stereocenters. The van der Waals surface area contributed by atoms with Crippen LogP contribution < -0.4 is 4.90 Å². The van der Waals surface area contributed by atoms with E-state index in [-0.39, 0.29) is 0 Å². The quantitative estimate of drug-likeness (QED) is 0.731. The number of anilines is 1. The van der Waals surface area contributed by atoms with Gasteiger partial charge in [-0.1, -0.05) is 6.07 Å². The van der Waals surface area contributed by atoms with Gasteiger partial charge in [0.15, 0.2) is 5.13 Å². The van der Waals surface area contributed by atoms with Gasteiger partial charge in [-0.05, 0) is 51.4 Å². The number of piperidine rings is 1. The van der Waals surface area contributed by atoms with Gasteiger partial charge in [-0.2, -0.15) is 0 Å². The minimum Gasteiger partial charge on any atom is -0.348 e. The van der Waals surface area contributed by atoms with Crippen LogP contribution in [0.15, 0.2) is 30.6 Å². The van der Waals surface area contributed by atoms with Gasteiger partial charge in [0, 0.05) is 68.2 Å². The van der Waals surface area contributed by atoms with Gasteiger partial charge in [0.1, 0.15) is 0 Å². The van der Waals surface area contributed by atoms with Crippen molar-refractivity contribution in [3.63, 3.8) is 0 Å². The second-order valence-corrected chi connectivity index (χ2v) is 8.98. The molecular formula is C21H31N5S. The number of likely N-dealkylation sites (tertiary alicyclic amines) is 1. The van der Waals surface area contributed by atoms with Gasteiger partial charge < -0.3 is 9.80 Å². The van der Waals surface area contributed by atoms with E-state index in [2.05, 4.69) is 50.0 Å². The number of aromatic nitrogens is 2. The van der Waals surface area contributed by atoms with Crippen molar-refractivity contribution in [2.75, 3.05) is 44.7 Å². The van der Waals surface area contributed by atoms with Crippen LogP contribution >= 0.6 is 11.3 Å². The van der Waals surface area contributed by atoms with E-state index in [1.807, 2.05) is 23.6 Å². The molecule has 2 aliphatic rings. The lowest BCUT2D eigenvalue weighted by Gasteiger charge is -2.37. The third-order valence-electron chi connectivity index (χ3n) is 5.85. The highest BCUT2D eigenvalue weighted by atomic mass is 32.1. The Bertz CT molecular complexity index is 698. The van der Waals surface area contributed by atoms with Crippen molar-refractivity contribution in [1.29, 1.82) is 0 Å². The summed E-state index contributed by atoms with van der Waals surface area (Å²) in [5.41, 5.74) is 1.19. The molecule has 27 heavy (non-hydrogen) atoms. The number of hydrogen-bond donors (Lipinski definition) is 0. The summed E-state index contributed by atoms with van der Waals surface area (Å²) in [5.74, 6) is 0. The highest BCUT2D eigenvalue weighted by molar-refractivity contribution is 7.15. The zero-order valence-electron chi connectivity index (χ0n) is 16.4. The van der Waals surface area contributed by atoms with Crippen molar-refractivity contribution >= 4 is 16.5 Å². The Morgan fingerprint density at radius 2 is 2.04 bits per heavy atom. The van der Waals surface area contributed by atoms with E-state index in [0.717, 1.165) is 26.1 Å². The van der Waals surface area contributed by atoms with Gasteiger partial charge in [-0.3, -0.25) is 9.88 Å². The molecule has 0 spiro atoms. The zero-order valence-corrected chi connectivity index (χ0v) is 17.2. The molecule has 5 nitrogen and oxygen atoms in total. The molecule has 0 aliphatic carbocycles. The number of rotatable bonds is 7. The lowest BCUT2D eigenvalue weighted by molar-refractivity contribution is 0.113. The number of likely N-dealkylation sites (N-methyl/N-ethyl adjacent to an activating group) is 1. The van der Waals surface area contributed by atoms with E-state index in [1.54, 1.807) is 0 Å². The maximum Gasteiger partial charge on any atom is 0.185 e. The van der Waals surface area contributed by atoms with Gasteiger partial charge in [-0.15, -0.1) is 11.3 Å². The highest BCUT2D eigenvalue weighted by Gasteiger charge is 2.24. The summed E-state index contributed by atoms with van der Waals surface area (Å²) in [5, 5.41) is 1.23. The van der Waals surface area contributed by atoms with Crippen LogP contribution in [-0.4, -0.2) is 65.6 Å². The summed E-state index contributed by atoms with van der Waals surface area (Å²) in [4.78, 5) is 18.1. The van der Waals surface area contributed by atoms with Crippen LogP contribution in [0.3, 0.4) is 0 Å². The van der Waals surface area contributed by atoms with Crippen molar-refractivity contribution in [2.45, 2.75) is 44.7 Å². The van der Waals surface area contributed by atoms with Crippen LogP contribution in [-0.2, 0) is 13.0 Å². The average Bonchev–Trinajstić information content (AvgIpc) is 3.39. The van der Waals surface area contributed by atoms with E-state index in [4.69, 9.17) is 0 Å². The second kappa shape index (κ2) is 9.13. The molecule has 0 bridgehead atoms. The minimum absolute atomic E-state index is 0.647. The first-order valence-corrected chi connectivity index (χ1v) is 11.1. The lowest BCUT2D eigenvalue weighted by Crippen LogP contribution is -2.46. The molecule has 146 valence electrons.